The lowest BCUT2D eigenvalue weighted by Crippen LogP contribution is -2.30. The maximum absolute atomic E-state index is 11.3. The normalized spacial score (nSPS) is 9.23. The van der Waals surface area contributed by atoms with E-state index in [1.807, 2.05) is 0 Å². The fourth-order valence-electron chi connectivity index (χ4n) is 0.765. The molecule has 0 fully saturated rings. The zero-order valence-electron chi connectivity index (χ0n) is 6.95. The van der Waals surface area contributed by atoms with Crippen LogP contribution in [0.25, 0.3) is 0 Å². The van der Waals surface area contributed by atoms with Crippen molar-refractivity contribution in [3.8, 4) is 0 Å². The van der Waals surface area contributed by atoms with Crippen LogP contribution in [0.15, 0.2) is 30.2 Å². The van der Waals surface area contributed by atoms with E-state index >= 15 is 0 Å². The van der Waals surface area contributed by atoms with E-state index in [1.165, 1.54) is 17.4 Å². The molecular weight excluding hydrogens is 186 g/mol. The lowest BCUT2D eigenvalue weighted by Gasteiger charge is -1.97. The molecule has 1 aromatic rings. The number of carbonyl (C=O) groups excluding carboxylic acids is 2. The molecular formula is C9H9NO2S. The van der Waals surface area contributed by atoms with Gasteiger partial charge in [0.25, 0.3) is 11.7 Å². The van der Waals surface area contributed by atoms with Gasteiger partial charge in [-0.05, 0) is 11.4 Å². The predicted molar refractivity (Wildman–Crippen MR) is 51.9 cm³/mol. The molecule has 4 heteroatoms. The number of rotatable bonds is 4. The number of hydrogen-bond donors (Lipinski definition) is 1. The van der Waals surface area contributed by atoms with Crippen LogP contribution in [0.2, 0.25) is 0 Å². The van der Waals surface area contributed by atoms with Crippen LogP contribution in [0.4, 0.5) is 0 Å². The quantitative estimate of drug-likeness (QED) is 0.446. The van der Waals surface area contributed by atoms with Gasteiger partial charge >= 0.3 is 0 Å². The number of Topliss-reactive ketones (excluding diaryl/α,β-unsaturated/α-hetero) is 1. The summed E-state index contributed by atoms with van der Waals surface area (Å²) < 4.78 is 0. The van der Waals surface area contributed by atoms with Crippen molar-refractivity contribution in [3.05, 3.63) is 35.0 Å². The summed E-state index contributed by atoms with van der Waals surface area (Å²) in [5.41, 5.74) is 0. The Hall–Kier alpha value is -1.42. The fourth-order valence-corrected chi connectivity index (χ4v) is 1.43. The smallest absolute Gasteiger partial charge is 0.293 e. The van der Waals surface area contributed by atoms with Crippen LogP contribution in [0.3, 0.4) is 0 Å². The van der Waals surface area contributed by atoms with Crippen LogP contribution in [0.1, 0.15) is 9.67 Å². The van der Waals surface area contributed by atoms with Gasteiger partial charge in [-0.1, -0.05) is 12.1 Å². The van der Waals surface area contributed by atoms with Crippen molar-refractivity contribution in [1.29, 1.82) is 0 Å². The maximum Gasteiger partial charge on any atom is 0.293 e. The van der Waals surface area contributed by atoms with E-state index in [0.717, 1.165) is 0 Å². The van der Waals surface area contributed by atoms with Gasteiger partial charge in [-0.3, -0.25) is 9.59 Å². The van der Waals surface area contributed by atoms with E-state index in [1.54, 1.807) is 17.5 Å². The standard InChI is InChI=1S/C9H9NO2S/c1-2-5-10-9(12)8(11)7-4-3-6-13-7/h2-4,6H,1,5H2,(H,10,12). The Morgan fingerprint density at radius 3 is 2.92 bits per heavy atom. The van der Waals surface area contributed by atoms with Gasteiger partial charge in [0.2, 0.25) is 0 Å². The summed E-state index contributed by atoms with van der Waals surface area (Å²) in [6.07, 6.45) is 1.53. The second-order valence-electron chi connectivity index (χ2n) is 2.31. The third-order valence-electron chi connectivity index (χ3n) is 1.36. The molecule has 0 saturated carbocycles. The molecule has 3 nitrogen and oxygen atoms in total. The molecule has 0 aliphatic carbocycles. The first-order chi connectivity index (χ1) is 6.25. The molecule has 0 saturated heterocycles. The van der Waals surface area contributed by atoms with Crippen molar-refractivity contribution in [1.82, 2.24) is 5.32 Å². The van der Waals surface area contributed by atoms with Crippen LogP contribution < -0.4 is 5.32 Å². The van der Waals surface area contributed by atoms with Crippen molar-refractivity contribution < 1.29 is 9.59 Å². The second-order valence-corrected chi connectivity index (χ2v) is 3.25. The third kappa shape index (κ3) is 2.52. The van der Waals surface area contributed by atoms with Crippen molar-refractivity contribution in [2.75, 3.05) is 6.54 Å². The number of nitrogens with one attached hydrogen (secondary N) is 1. The minimum absolute atomic E-state index is 0.315. The average molecular weight is 195 g/mol. The largest absolute Gasteiger partial charge is 0.346 e. The molecule has 0 bridgehead atoms. The second kappa shape index (κ2) is 4.57. The molecule has 1 N–H and O–H groups in total. The molecule has 1 amide bonds. The summed E-state index contributed by atoms with van der Waals surface area (Å²) in [4.78, 5) is 22.8. The van der Waals surface area contributed by atoms with Crippen molar-refractivity contribution in [2.45, 2.75) is 0 Å². The van der Waals surface area contributed by atoms with Gasteiger partial charge in [-0.15, -0.1) is 17.9 Å². The maximum atomic E-state index is 11.3. The van der Waals surface area contributed by atoms with Gasteiger partial charge < -0.3 is 5.32 Å². The highest BCUT2D eigenvalue weighted by molar-refractivity contribution is 7.13. The van der Waals surface area contributed by atoms with Crippen LogP contribution in [-0.4, -0.2) is 18.2 Å². The zero-order chi connectivity index (χ0) is 9.68. The van der Waals surface area contributed by atoms with E-state index in [9.17, 15) is 9.59 Å². The van der Waals surface area contributed by atoms with Crippen molar-refractivity contribution in [2.24, 2.45) is 0 Å². The minimum atomic E-state index is -0.581. The Balaban J connectivity index is 2.58. The topological polar surface area (TPSA) is 46.2 Å². The highest BCUT2D eigenvalue weighted by Crippen LogP contribution is 2.08. The number of thiophene rings is 1. The summed E-state index contributed by atoms with van der Waals surface area (Å²) >= 11 is 1.26. The number of amides is 1. The fraction of sp³-hybridized carbons (Fsp3) is 0.111. The molecule has 0 aromatic carbocycles. The van der Waals surface area contributed by atoms with Crippen LogP contribution in [0.5, 0.6) is 0 Å². The van der Waals surface area contributed by atoms with Crippen LogP contribution in [0, 0.1) is 0 Å². The molecule has 13 heavy (non-hydrogen) atoms. The first-order valence-corrected chi connectivity index (χ1v) is 4.60. The van der Waals surface area contributed by atoms with Gasteiger partial charge in [0.15, 0.2) is 0 Å². The van der Waals surface area contributed by atoms with Gasteiger partial charge in [0.05, 0.1) is 4.88 Å². The average Bonchev–Trinajstić information content (AvgIpc) is 2.65. The molecule has 1 heterocycles. The summed E-state index contributed by atoms with van der Waals surface area (Å²) in [6, 6.07) is 3.36. The van der Waals surface area contributed by atoms with E-state index in [4.69, 9.17) is 0 Å². The summed E-state index contributed by atoms with van der Waals surface area (Å²) in [6.45, 7) is 3.75. The van der Waals surface area contributed by atoms with Gasteiger partial charge in [0, 0.05) is 6.54 Å². The summed E-state index contributed by atoms with van der Waals surface area (Å²) in [5.74, 6) is -1.07. The van der Waals surface area contributed by atoms with Gasteiger partial charge in [-0.25, -0.2) is 0 Å². The van der Waals surface area contributed by atoms with Gasteiger partial charge in [0.1, 0.15) is 0 Å². The molecule has 68 valence electrons. The molecule has 0 unspecified atom stereocenters. The number of hydrogen-bond acceptors (Lipinski definition) is 3. The summed E-state index contributed by atoms with van der Waals surface area (Å²) in [5, 5.41) is 4.18. The Bertz CT molecular complexity index is 316. The lowest BCUT2D eigenvalue weighted by molar-refractivity contribution is -0.116. The van der Waals surface area contributed by atoms with Crippen LogP contribution in [-0.2, 0) is 4.79 Å². The van der Waals surface area contributed by atoms with Crippen molar-refractivity contribution >= 4 is 23.0 Å². The minimum Gasteiger partial charge on any atom is -0.346 e. The molecule has 0 radical (unpaired) electrons. The highest BCUT2D eigenvalue weighted by Gasteiger charge is 2.15. The molecule has 0 aliphatic heterocycles. The van der Waals surface area contributed by atoms with E-state index in [0.29, 0.717) is 11.4 Å². The highest BCUT2D eigenvalue weighted by atomic mass is 32.1. The van der Waals surface area contributed by atoms with E-state index in [2.05, 4.69) is 11.9 Å². The molecule has 0 atom stereocenters. The Kier molecular flexibility index (Phi) is 3.40. The van der Waals surface area contributed by atoms with E-state index in [-0.39, 0.29) is 0 Å². The first kappa shape index (κ1) is 9.67. The molecule has 1 rings (SSSR count). The predicted octanol–water partition coefficient (Wildman–Crippen LogP) is 1.23. The monoisotopic (exact) mass is 195 g/mol. The van der Waals surface area contributed by atoms with Gasteiger partial charge in [-0.2, -0.15) is 0 Å². The number of carbonyl (C=O) groups is 2. The van der Waals surface area contributed by atoms with Crippen molar-refractivity contribution in [3.63, 3.8) is 0 Å². The molecule has 0 aliphatic rings. The Morgan fingerprint density at radius 1 is 1.62 bits per heavy atom. The Labute approximate surface area is 80.1 Å². The van der Waals surface area contributed by atoms with Crippen LogP contribution >= 0.6 is 11.3 Å². The molecule has 0 spiro atoms. The van der Waals surface area contributed by atoms with E-state index < -0.39 is 11.7 Å². The lowest BCUT2D eigenvalue weighted by atomic mass is 10.3. The Morgan fingerprint density at radius 2 is 2.38 bits per heavy atom. The SMILES string of the molecule is C=CCNC(=O)C(=O)c1cccs1. The zero-order valence-corrected chi connectivity index (χ0v) is 7.76. The first-order valence-electron chi connectivity index (χ1n) is 3.72. The third-order valence-corrected chi connectivity index (χ3v) is 2.23. The summed E-state index contributed by atoms with van der Waals surface area (Å²) in [7, 11) is 0. The number of ketones is 1. The molecule has 1 aromatic heterocycles.